The molecule has 3 aromatic carbocycles. The van der Waals surface area contributed by atoms with Gasteiger partial charge in [0.15, 0.2) is 11.5 Å². The van der Waals surface area contributed by atoms with Crippen LogP contribution in [0.3, 0.4) is 0 Å². The SMILES string of the molecule is CCOc1cc(/C=C(/C#N)C(=O)Nc2ccc(N(CC)CC)cc2)cc(Br)c1OCc1ccc(Cl)cc1Cl. The van der Waals surface area contributed by atoms with Gasteiger partial charge in [0, 0.05) is 40.1 Å². The molecule has 9 heteroatoms. The van der Waals surface area contributed by atoms with Crippen LogP contribution in [0.15, 0.2) is 64.6 Å². The molecular formula is C29H28BrCl2N3O3. The topological polar surface area (TPSA) is 74.6 Å². The van der Waals surface area contributed by atoms with Crippen LogP contribution in [0.2, 0.25) is 10.0 Å². The zero-order valence-corrected chi connectivity index (χ0v) is 24.5. The molecule has 0 spiro atoms. The molecule has 3 aromatic rings. The fourth-order valence-electron chi connectivity index (χ4n) is 3.72. The molecule has 6 nitrogen and oxygen atoms in total. The first-order valence-electron chi connectivity index (χ1n) is 12.1. The molecule has 0 aliphatic carbocycles. The fourth-order valence-corrected chi connectivity index (χ4v) is 4.76. The van der Waals surface area contributed by atoms with Crippen molar-refractivity contribution in [3.8, 4) is 17.6 Å². The Morgan fingerprint density at radius 3 is 2.37 bits per heavy atom. The Morgan fingerprint density at radius 1 is 1.05 bits per heavy atom. The minimum atomic E-state index is -0.505. The monoisotopic (exact) mass is 615 g/mol. The average Bonchev–Trinajstić information content (AvgIpc) is 2.89. The number of halogens is 3. The van der Waals surface area contributed by atoms with Gasteiger partial charge in [-0.2, -0.15) is 5.26 Å². The van der Waals surface area contributed by atoms with Crippen molar-refractivity contribution < 1.29 is 14.3 Å². The molecule has 0 radical (unpaired) electrons. The van der Waals surface area contributed by atoms with E-state index < -0.39 is 5.91 Å². The van der Waals surface area contributed by atoms with Crippen LogP contribution in [0.1, 0.15) is 31.9 Å². The summed E-state index contributed by atoms with van der Waals surface area (Å²) in [7, 11) is 0. The van der Waals surface area contributed by atoms with E-state index >= 15 is 0 Å². The second-order valence-corrected chi connectivity index (χ2v) is 9.83. The van der Waals surface area contributed by atoms with E-state index in [4.69, 9.17) is 32.7 Å². The number of ether oxygens (including phenoxy) is 2. The third-order valence-corrected chi connectivity index (χ3v) is 6.82. The molecule has 38 heavy (non-hydrogen) atoms. The first-order valence-corrected chi connectivity index (χ1v) is 13.7. The van der Waals surface area contributed by atoms with Gasteiger partial charge >= 0.3 is 0 Å². The van der Waals surface area contributed by atoms with Crippen molar-refractivity contribution in [3.63, 3.8) is 0 Å². The van der Waals surface area contributed by atoms with Crippen LogP contribution in [-0.4, -0.2) is 25.6 Å². The lowest BCUT2D eigenvalue weighted by Crippen LogP contribution is -2.21. The molecule has 0 saturated carbocycles. The van der Waals surface area contributed by atoms with E-state index in [0.29, 0.717) is 43.9 Å². The maximum atomic E-state index is 12.9. The van der Waals surface area contributed by atoms with E-state index in [1.807, 2.05) is 37.3 Å². The first kappa shape index (κ1) is 29.4. The fraction of sp³-hybridized carbons (Fsp3) is 0.241. The number of nitrogens with one attached hydrogen (secondary N) is 1. The lowest BCUT2D eigenvalue weighted by atomic mass is 10.1. The highest BCUT2D eigenvalue weighted by molar-refractivity contribution is 9.10. The summed E-state index contributed by atoms with van der Waals surface area (Å²) in [6.07, 6.45) is 1.51. The van der Waals surface area contributed by atoms with Gasteiger partial charge in [-0.3, -0.25) is 4.79 Å². The van der Waals surface area contributed by atoms with Crippen LogP contribution in [0.25, 0.3) is 6.08 Å². The van der Waals surface area contributed by atoms with Gasteiger partial charge < -0.3 is 19.7 Å². The van der Waals surface area contributed by atoms with Gasteiger partial charge in [0.1, 0.15) is 18.2 Å². The van der Waals surface area contributed by atoms with Crippen LogP contribution < -0.4 is 19.7 Å². The Kier molecular flexibility index (Phi) is 10.9. The summed E-state index contributed by atoms with van der Waals surface area (Å²) in [6.45, 7) is 8.41. The van der Waals surface area contributed by atoms with Crippen LogP contribution in [-0.2, 0) is 11.4 Å². The average molecular weight is 617 g/mol. The van der Waals surface area contributed by atoms with E-state index in [1.54, 1.807) is 30.3 Å². The van der Waals surface area contributed by atoms with Crippen LogP contribution >= 0.6 is 39.1 Å². The van der Waals surface area contributed by atoms with Gasteiger partial charge in [0.2, 0.25) is 0 Å². The third-order valence-electron chi connectivity index (χ3n) is 5.65. The van der Waals surface area contributed by atoms with E-state index in [-0.39, 0.29) is 12.2 Å². The molecule has 0 heterocycles. The van der Waals surface area contributed by atoms with Crippen molar-refractivity contribution in [1.29, 1.82) is 5.26 Å². The molecule has 0 aromatic heterocycles. The maximum absolute atomic E-state index is 12.9. The molecule has 0 atom stereocenters. The number of hydrogen-bond donors (Lipinski definition) is 1. The van der Waals surface area contributed by atoms with Crippen molar-refractivity contribution in [2.45, 2.75) is 27.4 Å². The molecule has 1 amide bonds. The summed E-state index contributed by atoms with van der Waals surface area (Å²) in [4.78, 5) is 15.1. The molecule has 1 N–H and O–H groups in total. The number of hydrogen-bond acceptors (Lipinski definition) is 5. The lowest BCUT2D eigenvalue weighted by Gasteiger charge is -2.21. The highest BCUT2D eigenvalue weighted by atomic mass is 79.9. The molecule has 3 rings (SSSR count). The van der Waals surface area contributed by atoms with E-state index in [2.05, 4.69) is 40.0 Å². The van der Waals surface area contributed by atoms with Crippen LogP contribution in [0.4, 0.5) is 11.4 Å². The standard InChI is InChI=1S/C29H28BrCl2N3O3/c1-4-35(5-2)24-11-9-23(10-12-24)34-29(36)21(17-33)13-19-14-25(30)28(27(15-19)37-6-3)38-18-20-7-8-22(31)16-26(20)32/h7-16H,4-6,18H2,1-3H3,(H,34,36)/b21-13-. The predicted molar refractivity (Wildman–Crippen MR) is 158 cm³/mol. The molecular weight excluding hydrogens is 589 g/mol. The highest BCUT2D eigenvalue weighted by Crippen LogP contribution is 2.38. The van der Waals surface area contributed by atoms with Crippen LogP contribution in [0, 0.1) is 11.3 Å². The molecule has 0 aliphatic rings. The number of amides is 1. The minimum Gasteiger partial charge on any atom is -0.490 e. The number of nitrogens with zero attached hydrogens (tertiary/aromatic N) is 2. The van der Waals surface area contributed by atoms with Crippen molar-refractivity contribution in [2.24, 2.45) is 0 Å². The molecule has 0 saturated heterocycles. The van der Waals surface area contributed by atoms with E-state index in [1.165, 1.54) is 6.08 Å². The van der Waals surface area contributed by atoms with Gasteiger partial charge in [-0.05, 0) is 96.9 Å². The summed E-state index contributed by atoms with van der Waals surface area (Å²) >= 11 is 15.8. The maximum Gasteiger partial charge on any atom is 0.266 e. The smallest absolute Gasteiger partial charge is 0.266 e. The lowest BCUT2D eigenvalue weighted by molar-refractivity contribution is -0.112. The third kappa shape index (κ3) is 7.67. The highest BCUT2D eigenvalue weighted by Gasteiger charge is 2.16. The van der Waals surface area contributed by atoms with E-state index in [0.717, 1.165) is 24.3 Å². The van der Waals surface area contributed by atoms with E-state index in [9.17, 15) is 10.1 Å². The quantitative estimate of drug-likeness (QED) is 0.174. The van der Waals surface area contributed by atoms with Gasteiger partial charge in [-0.15, -0.1) is 0 Å². The van der Waals surface area contributed by atoms with Crippen molar-refractivity contribution in [2.75, 3.05) is 29.9 Å². The molecule has 198 valence electrons. The van der Waals surface area contributed by atoms with Crippen molar-refractivity contribution >= 4 is 62.5 Å². The molecule has 0 unspecified atom stereocenters. The Hall–Kier alpha value is -3.18. The molecule has 0 fully saturated rings. The largest absolute Gasteiger partial charge is 0.490 e. The summed E-state index contributed by atoms with van der Waals surface area (Å²) in [6, 6.07) is 18.2. The van der Waals surface area contributed by atoms with Gasteiger partial charge in [0.05, 0.1) is 11.1 Å². The zero-order chi connectivity index (χ0) is 27.7. The number of benzene rings is 3. The number of nitriles is 1. The number of rotatable bonds is 11. The minimum absolute atomic E-state index is 0.0474. The summed E-state index contributed by atoms with van der Waals surface area (Å²) in [5.74, 6) is 0.434. The number of carbonyl (C=O) groups excluding carboxylic acids is 1. The number of anilines is 2. The molecule has 0 aliphatic heterocycles. The Morgan fingerprint density at radius 2 is 1.76 bits per heavy atom. The molecule has 0 bridgehead atoms. The predicted octanol–water partition coefficient (Wildman–Crippen LogP) is 8.13. The Bertz CT molecular complexity index is 1350. The zero-order valence-electron chi connectivity index (χ0n) is 21.4. The Balaban J connectivity index is 1.80. The van der Waals surface area contributed by atoms with Crippen LogP contribution in [0.5, 0.6) is 11.5 Å². The first-order chi connectivity index (χ1) is 18.3. The van der Waals surface area contributed by atoms with Gasteiger partial charge in [-0.1, -0.05) is 29.3 Å². The normalized spacial score (nSPS) is 11.0. The summed E-state index contributed by atoms with van der Waals surface area (Å²) < 4.78 is 12.4. The second kappa shape index (κ2) is 14.1. The van der Waals surface area contributed by atoms with Crippen molar-refractivity contribution in [1.82, 2.24) is 0 Å². The van der Waals surface area contributed by atoms with Gasteiger partial charge in [0.25, 0.3) is 5.91 Å². The number of carbonyl (C=O) groups is 1. The summed E-state index contributed by atoms with van der Waals surface area (Å²) in [5, 5.41) is 13.5. The van der Waals surface area contributed by atoms with Crippen molar-refractivity contribution in [3.05, 3.63) is 85.8 Å². The summed E-state index contributed by atoms with van der Waals surface area (Å²) in [5.41, 5.74) is 2.99. The second-order valence-electron chi connectivity index (χ2n) is 8.13. The van der Waals surface area contributed by atoms with Gasteiger partial charge in [-0.25, -0.2) is 0 Å². The Labute approximate surface area is 241 Å².